The number of aromatic nitrogens is 4. The Kier molecular flexibility index (Phi) is 5.16. The van der Waals surface area contributed by atoms with Crippen molar-refractivity contribution in [2.45, 2.75) is 18.4 Å². The van der Waals surface area contributed by atoms with Gasteiger partial charge in [-0.05, 0) is 24.1 Å². The van der Waals surface area contributed by atoms with Gasteiger partial charge in [-0.3, -0.25) is 9.78 Å². The molecule has 3 heterocycles. The highest BCUT2D eigenvalue weighted by atomic mass is 35.5. The van der Waals surface area contributed by atoms with Crippen LogP contribution in [0.15, 0.2) is 84.3 Å². The highest BCUT2D eigenvalue weighted by Crippen LogP contribution is 2.50. The third-order valence-corrected chi connectivity index (χ3v) is 6.31. The molecule has 2 unspecified atom stereocenters. The number of fused-ring (bicyclic) bond motifs is 2. The summed E-state index contributed by atoms with van der Waals surface area (Å²) in [7, 11) is 0. The third kappa shape index (κ3) is 3.34. The molecule has 7 heteroatoms. The van der Waals surface area contributed by atoms with Crippen LogP contribution in [0.5, 0.6) is 0 Å². The average molecular weight is 461 g/mol. The first-order valence-corrected chi connectivity index (χ1v) is 10.5. The zero-order valence-electron chi connectivity index (χ0n) is 16.9. The molecule has 1 aliphatic rings. The molecule has 2 aromatic carbocycles. The van der Waals surface area contributed by atoms with Gasteiger partial charge in [0.2, 0.25) is 0 Å². The van der Waals surface area contributed by atoms with Crippen LogP contribution >= 0.6 is 24.0 Å². The molecule has 0 N–H and O–H groups in total. The molecule has 32 heavy (non-hydrogen) atoms. The van der Waals surface area contributed by atoms with Crippen LogP contribution in [0.25, 0.3) is 32.8 Å². The van der Waals surface area contributed by atoms with E-state index in [9.17, 15) is 4.79 Å². The summed E-state index contributed by atoms with van der Waals surface area (Å²) >= 11 is 6.63. The number of halogens is 2. The van der Waals surface area contributed by atoms with Gasteiger partial charge in [0, 0.05) is 52.6 Å². The molecular formula is C25H18Cl2N4O. The van der Waals surface area contributed by atoms with Crippen LogP contribution in [0.2, 0.25) is 5.02 Å². The van der Waals surface area contributed by atoms with Crippen molar-refractivity contribution >= 4 is 45.7 Å². The van der Waals surface area contributed by atoms with Gasteiger partial charge in [-0.2, -0.15) is 0 Å². The molecule has 1 saturated carbocycles. The monoisotopic (exact) mass is 460 g/mol. The second kappa shape index (κ2) is 8.01. The largest absolute Gasteiger partial charge is 0.310 e. The zero-order valence-corrected chi connectivity index (χ0v) is 18.4. The molecule has 0 amide bonds. The van der Waals surface area contributed by atoms with Crippen LogP contribution in [0.1, 0.15) is 24.1 Å². The highest BCUT2D eigenvalue weighted by Gasteiger charge is 2.42. The molecule has 3 aromatic heterocycles. The predicted molar refractivity (Wildman–Crippen MR) is 130 cm³/mol. The van der Waals surface area contributed by atoms with Gasteiger partial charge < -0.3 is 4.57 Å². The molecule has 0 bridgehead atoms. The lowest BCUT2D eigenvalue weighted by molar-refractivity contribution is 0.688. The minimum absolute atomic E-state index is 0. The Hall–Kier alpha value is -3.28. The molecule has 0 radical (unpaired) electrons. The lowest BCUT2D eigenvalue weighted by Gasteiger charge is -2.12. The van der Waals surface area contributed by atoms with E-state index in [1.807, 2.05) is 36.4 Å². The summed E-state index contributed by atoms with van der Waals surface area (Å²) in [4.78, 5) is 26.6. The lowest BCUT2D eigenvalue weighted by atomic mass is 10.0. The van der Waals surface area contributed by atoms with Gasteiger partial charge in [-0.25, -0.2) is 9.97 Å². The summed E-state index contributed by atoms with van der Waals surface area (Å²) in [6.07, 6.45) is 7.54. The van der Waals surface area contributed by atoms with Crippen LogP contribution in [0.3, 0.4) is 0 Å². The topological polar surface area (TPSA) is 60.7 Å². The van der Waals surface area contributed by atoms with Gasteiger partial charge in [0.25, 0.3) is 5.56 Å². The fourth-order valence-electron chi connectivity index (χ4n) is 4.38. The number of pyridine rings is 2. The SMILES string of the molecule is Cl.O=c1c2c(-c3cncnc3)cccc2c(Cl)cn1C1CC1c1ccc2ccccc2n1. The fraction of sp³-hybridized carbons (Fsp3) is 0.120. The normalized spacial score (nSPS) is 17.3. The van der Waals surface area contributed by atoms with E-state index >= 15 is 0 Å². The fourth-order valence-corrected chi connectivity index (χ4v) is 4.64. The maximum absolute atomic E-state index is 13.6. The van der Waals surface area contributed by atoms with Crippen molar-refractivity contribution in [2.75, 3.05) is 0 Å². The van der Waals surface area contributed by atoms with Crippen LogP contribution in [-0.2, 0) is 0 Å². The van der Waals surface area contributed by atoms with Crippen LogP contribution in [0, 0.1) is 0 Å². The molecule has 0 saturated heterocycles. The van der Waals surface area contributed by atoms with E-state index in [0.717, 1.165) is 39.5 Å². The van der Waals surface area contributed by atoms with Crippen LogP contribution in [0.4, 0.5) is 0 Å². The Morgan fingerprint density at radius 2 is 1.78 bits per heavy atom. The van der Waals surface area contributed by atoms with Gasteiger partial charge in [0.1, 0.15) is 6.33 Å². The molecule has 5 nitrogen and oxygen atoms in total. The third-order valence-electron chi connectivity index (χ3n) is 6.01. The molecule has 0 aliphatic heterocycles. The van der Waals surface area contributed by atoms with E-state index in [-0.39, 0.29) is 29.9 Å². The first-order valence-electron chi connectivity index (χ1n) is 10.1. The number of nitrogens with zero attached hydrogens (tertiary/aromatic N) is 4. The van der Waals surface area contributed by atoms with Crippen molar-refractivity contribution in [3.05, 3.63) is 101 Å². The Morgan fingerprint density at radius 3 is 2.62 bits per heavy atom. The number of para-hydroxylation sites is 1. The van der Waals surface area contributed by atoms with Crippen LogP contribution in [-0.4, -0.2) is 19.5 Å². The smallest absolute Gasteiger partial charge is 0.259 e. The van der Waals surface area contributed by atoms with Crippen molar-refractivity contribution in [3.8, 4) is 11.1 Å². The first-order chi connectivity index (χ1) is 15.2. The Labute approximate surface area is 195 Å². The molecular weight excluding hydrogens is 443 g/mol. The van der Waals surface area contributed by atoms with Gasteiger partial charge in [0.15, 0.2) is 0 Å². The molecule has 1 fully saturated rings. The Bertz CT molecular complexity index is 1520. The van der Waals surface area contributed by atoms with Gasteiger partial charge in [-0.15, -0.1) is 12.4 Å². The van der Waals surface area contributed by atoms with Gasteiger partial charge in [-0.1, -0.05) is 54.1 Å². The number of hydrogen-bond acceptors (Lipinski definition) is 4. The summed E-state index contributed by atoms with van der Waals surface area (Å²) < 4.78 is 1.78. The number of rotatable bonds is 3. The minimum Gasteiger partial charge on any atom is -0.310 e. The summed E-state index contributed by atoms with van der Waals surface area (Å²) in [6, 6.07) is 18.0. The molecule has 1 aliphatic carbocycles. The van der Waals surface area contributed by atoms with E-state index in [1.165, 1.54) is 6.33 Å². The van der Waals surface area contributed by atoms with E-state index < -0.39 is 0 Å². The summed E-state index contributed by atoms with van der Waals surface area (Å²) in [5.74, 6) is 0.197. The van der Waals surface area contributed by atoms with Crippen molar-refractivity contribution in [1.82, 2.24) is 19.5 Å². The Morgan fingerprint density at radius 1 is 0.969 bits per heavy atom. The molecule has 6 rings (SSSR count). The van der Waals surface area contributed by atoms with Crippen molar-refractivity contribution < 1.29 is 0 Å². The van der Waals surface area contributed by atoms with Crippen molar-refractivity contribution in [2.24, 2.45) is 0 Å². The second-order valence-corrected chi connectivity index (χ2v) is 8.29. The summed E-state index contributed by atoms with van der Waals surface area (Å²) in [5.41, 5.74) is 3.52. The van der Waals surface area contributed by atoms with E-state index in [0.29, 0.717) is 10.4 Å². The molecule has 2 atom stereocenters. The molecule has 0 spiro atoms. The van der Waals surface area contributed by atoms with E-state index in [2.05, 4.69) is 28.2 Å². The zero-order chi connectivity index (χ0) is 20.9. The summed E-state index contributed by atoms with van der Waals surface area (Å²) in [6.45, 7) is 0. The quantitative estimate of drug-likeness (QED) is 0.340. The first kappa shape index (κ1) is 20.6. The molecule has 5 aromatic rings. The molecule has 158 valence electrons. The maximum atomic E-state index is 13.6. The van der Waals surface area contributed by atoms with E-state index in [4.69, 9.17) is 16.6 Å². The predicted octanol–water partition coefficient (Wildman–Crippen LogP) is 5.81. The van der Waals surface area contributed by atoms with E-state index in [1.54, 1.807) is 23.2 Å². The van der Waals surface area contributed by atoms with Crippen molar-refractivity contribution in [3.63, 3.8) is 0 Å². The standard InChI is InChI=1S/C25H17ClN4O.ClH/c26-20-13-30(23-10-19(23)22-9-8-15-4-1-2-7-21(15)29-22)25(31)24-17(5-3-6-18(20)24)16-11-27-14-28-12-16;/h1-9,11-14,19,23H,10H2;1H. The average Bonchev–Trinajstić information content (AvgIpc) is 3.62. The van der Waals surface area contributed by atoms with Crippen molar-refractivity contribution in [1.29, 1.82) is 0 Å². The number of hydrogen-bond donors (Lipinski definition) is 0. The van der Waals surface area contributed by atoms with Gasteiger partial charge >= 0.3 is 0 Å². The Balaban J connectivity index is 0.00000216. The maximum Gasteiger partial charge on any atom is 0.259 e. The second-order valence-electron chi connectivity index (χ2n) is 7.88. The van der Waals surface area contributed by atoms with Crippen LogP contribution < -0.4 is 5.56 Å². The lowest BCUT2D eigenvalue weighted by Crippen LogP contribution is -2.20. The van der Waals surface area contributed by atoms with Gasteiger partial charge in [0.05, 0.1) is 15.9 Å². The minimum atomic E-state index is -0.0489. The highest BCUT2D eigenvalue weighted by molar-refractivity contribution is 6.35. The number of benzene rings is 2. The summed E-state index contributed by atoms with van der Waals surface area (Å²) in [5, 5.41) is 3.02.